The minimum Gasteiger partial charge on any atom is -0.267 e. The lowest BCUT2D eigenvalue weighted by molar-refractivity contribution is 0.583. The van der Waals surface area contributed by atoms with Gasteiger partial charge in [-0.05, 0) is 41.6 Å². The van der Waals surface area contributed by atoms with Crippen LogP contribution in [0.15, 0.2) is 28.9 Å². The number of aromatic nitrogens is 2. The average molecular weight is 395 g/mol. The van der Waals surface area contributed by atoms with Gasteiger partial charge in [0.05, 0.1) is 6.54 Å². The third kappa shape index (κ3) is 2.63. The van der Waals surface area contributed by atoms with Crippen molar-refractivity contribution in [3.05, 3.63) is 49.5 Å². The zero-order chi connectivity index (χ0) is 11.7. The first-order chi connectivity index (χ1) is 7.56. The van der Waals surface area contributed by atoms with E-state index >= 15 is 0 Å². The molecule has 0 aliphatic carbocycles. The lowest BCUT2D eigenvalue weighted by Gasteiger charge is -2.03. The summed E-state index contributed by atoms with van der Waals surface area (Å²) in [6, 6.07) is 5.07. The van der Waals surface area contributed by atoms with Crippen molar-refractivity contribution in [2.45, 2.75) is 13.5 Å². The molecule has 1 aromatic carbocycles. The van der Waals surface area contributed by atoms with Gasteiger partial charge < -0.3 is 0 Å². The predicted octanol–water partition coefficient (Wildman–Crippen LogP) is 3.75. The highest BCUT2D eigenvalue weighted by Gasteiger charge is 2.06. The van der Waals surface area contributed by atoms with E-state index in [4.69, 9.17) is 0 Å². The Hall–Kier alpha value is -0.430. The number of benzene rings is 1. The van der Waals surface area contributed by atoms with Crippen molar-refractivity contribution in [1.29, 1.82) is 0 Å². The molecule has 5 heteroatoms. The molecule has 0 amide bonds. The molecule has 0 saturated carbocycles. The Bertz CT molecular complexity index is 505. The van der Waals surface area contributed by atoms with Gasteiger partial charge in [-0.3, -0.25) is 4.68 Å². The first-order valence-corrected chi connectivity index (χ1v) is 6.57. The van der Waals surface area contributed by atoms with Gasteiger partial charge in [-0.15, -0.1) is 0 Å². The summed E-state index contributed by atoms with van der Waals surface area (Å²) >= 11 is 5.40. The number of halogens is 3. The second-order valence-corrected chi connectivity index (χ2v) is 5.47. The van der Waals surface area contributed by atoms with E-state index in [0.717, 1.165) is 13.7 Å². The van der Waals surface area contributed by atoms with Crippen LogP contribution in [0.1, 0.15) is 11.1 Å². The summed E-state index contributed by atoms with van der Waals surface area (Å²) in [6.45, 7) is 2.45. The van der Waals surface area contributed by atoms with Crippen LogP contribution in [-0.4, -0.2) is 9.78 Å². The highest BCUT2D eigenvalue weighted by atomic mass is 127. The summed E-state index contributed by atoms with van der Waals surface area (Å²) < 4.78 is 17.0. The summed E-state index contributed by atoms with van der Waals surface area (Å²) in [5.74, 6) is -0.211. The number of rotatable bonds is 2. The van der Waals surface area contributed by atoms with Crippen LogP contribution in [0.25, 0.3) is 0 Å². The quantitative estimate of drug-likeness (QED) is 0.709. The summed E-state index contributed by atoms with van der Waals surface area (Å²) in [6.07, 6.45) is 1.92. The molecule has 0 aliphatic rings. The first-order valence-electron chi connectivity index (χ1n) is 4.70. The van der Waals surface area contributed by atoms with Gasteiger partial charge in [0.25, 0.3) is 0 Å². The Labute approximate surface area is 115 Å². The van der Waals surface area contributed by atoms with E-state index in [1.54, 1.807) is 10.7 Å². The summed E-state index contributed by atoms with van der Waals surface area (Å²) in [5.41, 5.74) is 1.75. The Kier molecular flexibility index (Phi) is 3.63. The molecule has 0 radical (unpaired) electrons. The van der Waals surface area contributed by atoms with Gasteiger partial charge in [-0.1, -0.05) is 22.0 Å². The maximum absolute atomic E-state index is 13.6. The molecule has 0 bridgehead atoms. The second kappa shape index (κ2) is 4.83. The van der Waals surface area contributed by atoms with Crippen LogP contribution < -0.4 is 0 Å². The van der Waals surface area contributed by atoms with Crippen molar-refractivity contribution >= 4 is 38.5 Å². The molecule has 0 atom stereocenters. The molecule has 0 N–H and O–H groups in total. The zero-order valence-electron chi connectivity index (χ0n) is 8.54. The van der Waals surface area contributed by atoms with Gasteiger partial charge in [-0.2, -0.15) is 5.10 Å². The molecule has 2 aromatic rings. The lowest BCUT2D eigenvalue weighted by atomic mass is 10.2. The molecule has 2 nitrogen and oxygen atoms in total. The highest BCUT2D eigenvalue weighted by molar-refractivity contribution is 14.1. The van der Waals surface area contributed by atoms with Gasteiger partial charge in [-0.25, -0.2) is 4.39 Å². The molecule has 16 heavy (non-hydrogen) atoms. The number of hydrogen-bond acceptors (Lipinski definition) is 1. The van der Waals surface area contributed by atoms with E-state index < -0.39 is 0 Å². The Morgan fingerprint density at radius 1 is 1.50 bits per heavy atom. The Morgan fingerprint density at radius 2 is 2.25 bits per heavy atom. The van der Waals surface area contributed by atoms with Gasteiger partial charge in [0.15, 0.2) is 0 Å². The molecule has 0 saturated heterocycles. The normalized spacial score (nSPS) is 10.8. The van der Waals surface area contributed by atoms with Crippen molar-refractivity contribution in [3.63, 3.8) is 0 Å². The van der Waals surface area contributed by atoms with Crippen LogP contribution in [0.3, 0.4) is 0 Å². The van der Waals surface area contributed by atoms with Gasteiger partial charge in [0.1, 0.15) is 9.52 Å². The molecular formula is C11H9BrFIN2. The predicted molar refractivity (Wildman–Crippen MR) is 72.9 cm³/mol. The minimum atomic E-state index is -0.211. The molecule has 1 aromatic heterocycles. The van der Waals surface area contributed by atoms with Crippen LogP contribution in [0.5, 0.6) is 0 Å². The largest absolute Gasteiger partial charge is 0.267 e. The van der Waals surface area contributed by atoms with Crippen molar-refractivity contribution < 1.29 is 4.39 Å². The lowest BCUT2D eigenvalue weighted by Crippen LogP contribution is -2.02. The topological polar surface area (TPSA) is 17.8 Å². The maximum atomic E-state index is 13.6. The SMILES string of the molecule is Cc1cn(Cc2ccc(Br)cc2F)nc1I. The minimum absolute atomic E-state index is 0.211. The van der Waals surface area contributed by atoms with E-state index in [2.05, 4.69) is 43.6 Å². The molecule has 1 heterocycles. The standard InChI is InChI=1S/C11H9BrFIN2/c1-7-5-16(15-11(7)14)6-8-2-3-9(12)4-10(8)13/h2-5H,6H2,1H3. The molecule has 2 rings (SSSR count). The van der Waals surface area contributed by atoms with Crippen LogP contribution >= 0.6 is 38.5 Å². The van der Waals surface area contributed by atoms with Crippen LogP contribution in [0.4, 0.5) is 4.39 Å². The first kappa shape index (κ1) is 12.0. The Morgan fingerprint density at radius 3 is 2.81 bits per heavy atom. The number of nitrogens with zero attached hydrogens (tertiary/aromatic N) is 2. The Balaban J connectivity index is 2.27. The fourth-order valence-electron chi connectivity index (χ4n) is 1.40. The molecule has 0 aliphatic heterocycles. The van der Waals surface area contributed by atoms with E-state index in [-0.39, 0.29) is 5.82 Å². The summed E-state index contributed by atoms with van der Waals surface area (Å²) in [7, 11) is 0. The van der Waals surface area contributed by atoms with Crippen LogP contribution in [0.2, 0.25) is 0 Å². The molecule has 84 valence electrons. The zero-order valence-corrected chi connectivity index (χ0v) is 12.3. The molecule has 0 spiro atoms. The highest BCUT2D eigenvalue weighted by Crippen LogP contribution is 2.17. The van der Waals surface area contributed by atoms with Crippen molar-refractivity contribution in [2.24, 2.45) is 0 Å². The fraction of sp³-hybridized carbons (Fsp3) is 0.182. The summed E-state index contributed by atoms with van der Waals surface area (Å²) in [4.78, 5) is 0. The number of aryl methyl sites for hydroxylation is 1. The van der Waals surface area contributed by atoms with E-state index in [9.17, 15) is 4.39 Å². The third-order valence-electron chi connectivity index (χ3n) is 2.23. The van der Waals surface area contributed by atoms with Gasteiger partial charge in [0, 0.05) is 21.8 Å². The van der Waals surface area contributed by atoms with E-state index in [1.165, 1.54) is 6.07 Å². The van der Waals surface area contributed by atoms with Gasteiger partial charge >= 0.3 is 0 Å². The average Bonchev–Trinajstić information content (AvgIpc) is 2.51. The maximum Gasteiger partial charge on any atom is 0.129 e. The molecular weight excluding hydrogens is 386 g/mol. The van der Waals surface area contributed by atoms with Crippen molar-refractivity contribution in [2.75, 3.05) is 0 Å². The van der Waals surface area contributed by atoms with E-state index in [1.807, 2.05) is 19.2 Å². The van der Waals surface area contributed by atoms with Crippen LogP contribution in [-0.2, 0) is 6.54 Å². The molecule has 0 fully saturated rings. The van der Waals surface area contributed by atoms with Crippen LogP contribution in [0, 0.1) is 16.4 Å². The fourth-order valence-corrected chi connectivity index (χ4v) is 2.15. The third-order valence-corrected chi connectivity index (χ3v) is 3.79. The second-order valence-electron chi connectivity index (χ2n) is 3.54. The number of hydrogen-bond donors (Lipinski definition) is 0. The summed E-state index contributed by atoms with van der Waals surface area (Å²) in [5, 5.41) is 4.29. The van der Waals surface area contributed by atoms with Gasteiger partial charge in [0.2, 0.25) is 0 Å². The monoisotopic (exact) mass is 394 g/mol. The smallest absolute Gasteiger partial charge is 0.129 e. The molecule has 0 unspecified atom stereocenters. The van der Waals surface area contributed by atoms with Crippen molar-refractivity contribution in [3.8, 4) is 0 Å². The van der Waals surface area contributed by atoms with E-state index in [0.29, 0.717) is 12.1 Å². The van der Waals surface area contributed by atoms with Crippen molar-refractivity contribution in [1.82, 2.24) is 9.78 Å².